The number of para-hydroxylation sites is 2. The average molecular weight is 1070 g/mol. The zero-order valence-corrected chi connectivity index (χ0v) is 37.6. The van der Waals surface area contributed by atoms with E-state index in [0.717, 1.165) is 18.2 Å². The highest BCUT2D eigenvalue weighted by molar-refractivity contribution is 6.12. The monoisotopic (exact) mass is 1070 g/mol. The van der Waals surface area contributed by atoms with Crippen LogP contribution in [0.2, 0.25) is 0 Å². The van der Waals surface area contributed by atoms with Crippen LogP contribution in [0.5, 0.6) is 0 Å². The van der Waals surface area contributed by atoms with Crippen LogP contribution < -0.4 is 0 Å². The van der Waals surface area contributed by atoms with E-state index in [-0.39, 0.29) is 89.9 Å². The molecule has 0 N–H and O–H groups in total. The molecule has 2 aromatic heterocycles. The Bertz CT molecular complexity index is 3940. The van der Waals surface area contributed by atoms with Crippen molar-refractivity contribution < 1.29 is 79.0 Å². The fourth-order valence-corrected chi connectivity index (χ4v) is 9.45. The van der Waals surface area contributed by atoms with E-state index in [0.29, 0.717) is 36.4 Å². The molecule has 0 spiro atoms. The molecule has 0 amide bonds. The van der Waals surface area contributed by atoms with Crippen LogP contribution in [-0.4, -0.2) is 9.13 Å². The molecule has 8 aromatic carbocycles. The summed E-state index contributed by atoms with van der Waals surface area (Å²) in [4.78, 5) is 0. The van der Waals surface area contributed by atoms with Crippen molar-refractivity contribution in [2.45, 2.75) is 37.1 Å². The number of halogens is 18. The van der Waals surface area contributed by atoms with Crippen molar-refractivity contribution in [1.29, 1.82) is 5.26 Å². The highest BCUT2D eigenvalue weighted by Gasteiger charge is 2.40. The Morgan fingerprint density at radius 2 is 0.605 bits per heavy atom. The maximum absolute atomic E-state index is 14.6. The van der Waals surface area contributed by atoms with Crippen LogP contribution in [0.1, 0.15) is 38.9 Å². The van der Waals surface area contributed by atoms with Crippen molar-refractivity contribution >= 4 is 43.6 Å². The van der Waals surface area contributed by atoms with E-state index in [4.69, 9.17) is 0 Å². The Kier molecular flexibility index (Phi) is 11.6. The summed E-state index contributed by atoms with van der Waals surface area (Å²) in [7, 11) is 0. The highest BCUT2D eigenvalue weighted by Crippen LogP contribution is 2.47. The molecule has 0 saturated carbocycles. The number of nitrogens with zero attached hydrogens (tertiary/aromatic N) is 3. The highest BCUT2D eigenvalue weighted by atomic mass is 19.4. The van der Waals surface area contributed by atoms with E-state index >= 15 is 0 Å². The van der Waals surface area contributed by atoms with Crippen molar-refractivity contribution in [1.82, 2.24) is 9.13 Å². The molecule has 0 atom stereocenters. The first-order chi connectivity index (χ1) is 35.4. The number of rotatable bonds is 5. The van der Waals surface area contributed by atoms with E-state index in [9.17, 15) is 84.3 Å². The van der Waals surface area contributed by atoms with Gasteiger partial charge in [0.15, 0.2) is 0 Å². The molecule has 76 heavy (non-hydrogen) atoms. The summed E-state index contributed by atoms with van der Waals surface area (Å²) in [5.74, 6) is 0. The maximum atomic E-state index is 14.6. The molecule has 0 aliphatic rings. The Morgan fingerprint density at radius 1 is 0.289 bits per heavy atom. The summed E-state index contributed by atoms with van der Waals surface area (Å²) >= 11 is 0. The molecule has 0 fully saturated rings. The average Bonchev–Trinajstić information content (AvgIpc) is 3.92. The molecule has 386 valence electrons. The number of benzene rings is 8. The van der Waals surface area contributed by atoms with Gasteiger partial charge in [0.25, 0.3) is 0 Å². The van der Waals surface area contributed by atoms with E-state index in [1.807, 2.05) is 6.07 Å². The topological polar surface area (TPSA) is 33.6 Å². The molecular formula is C55H25F18N3. The smallest absolute Gasteiger partial charge is 0.309 e. The van der Waals surface area contributed by atoms with Crippen LogP contribution >= 0.6 is 0 Å². The Balaban J connectivity index is 1.27. The van der Waals surface area contributed by atoms with Gasteiger partial charge in [0, 0.05) is 27.1 Å². The minimum absolute atomic E-state index is 0.0476. The zero-order chi connectivity index (χ0) is 54.8. The fourth-order valence-electron chi connectivity index (χ4n) is 9.45. The molecule has 21 heteroatoms. The van der Waals surface area contributed by atoms with Gasteiger partial charge in [-0.1, -0.05) is 48.5 Å². The molecule has 0 radical (unpaired) electrons. The first kappa shape index (κ1) is 51.1. The van der Waals surface area contributed by atoms with Crippen LogP contribution in [0.3, 0.4) is 0 Å². The van der Waals surface area contributed by atoms with Gasteiger partial charge < -0.3 is 9.13 Å². The van der Waals surface area contributed by atoms with Crippen molar-refractivity contribution in [3.05, 3.63) is 191 Å². The van der Waals surface area contributed by atoms with Crippen molar-refractivity contribution in [3.8, 4) is 50.8 Å². The van der Waals surface area contributed by atoms with Gasteiger partial charge >= 0.3 is 37.1 Å². The molecule has 3 nitrogen and oxygen atoms in total. The van der Waals surface area contributed by atoms with Gasteiger partial charge in [-0.2, -0.15) is 84.3 Å². The van der Waals surface area contributed by atoms with Gasteiger partial charge in [-0.25, -0.2) is 0 Å². The molecule has 0 unspecified atom stereocenters. The first-order valence-electron chi connectivity index (χ1n) is 21.9. The molecule has 0 aliphatic carbocycles. The lowest BCUT2D eigenvalue weighted by Gasteiger charge is -2.20. The molecule has 2 heterocycles. The van der Waals surface area contributed by atoms with Crippen LogP contribution in [-0.2, 0) is 37.1 Å². The third-order valence-electron chi connectivity index (χ3n) is 12.8. The number of hydrogen-bond donors (Lipinski definition) is 0. The second-order valence-corrected chi connectivity index (χ2v) is 17.6. The van der Waals surface area contributed by atoms with Crippen molar-refractivity contribution in [2.75, 3.05) is 0 Å². The largest absolute Gasteiger partial charge is 0.416 e. The maximum Gasteiger partial charge on any atom is 0.416 e. The van der Waals surface area contributed by atoms with E-state index in [2.05, 4.69) is 0 Å². The fraction of sp³-hybridized carbons (Fsp3) is 0.109. The third kappa shape index (κ3) is 9.08. The minimum Gasteiger partial charge on any atom is -0.309 e. The van der Waals surface area contributed by atoms with Gasteiger partial charge in [0.2, 0.25) is 0 Å². The number of hydrogen-bond acceptors (Lipinski definition) is 1. The van der Waals surface area contributed by atoms with E-state index in [1.165, 1.54) is 88.0 Å². The zero-order valence-electron chi connectivity index (χ0n) is 37.6. The Hall–Kier alpha value is -8.41. The Morgan fingerprint density at radius 3 is 0.947 bits per heavy atom. The quantitative estimate of drug-likeness (QED) is 0.158. The lowest BCUT2D eigenvalue weighted by atomic mass is 9.95. The van der Waals surface area contributed by atoms with Gasteiger partial charge in [-0.05, 0) is 131 Å². The first-order valence-corrected chi connectivity index (χ1v) is 21.9. The number of nitriles is 1. The van der Waals surface area contributed by atoms with E-state index < -0.39 is 92.7 Å². The lowest BCUT2D eigenvalue weighted by molar-refractivity contribution is -0.144. The molecule has 10 aromatic rings. The van der Waals surface area contributed by atoms with Gasteiger partial charge in [-0.15, -0.1) is 0 Å². The van der Waals surface area contributed by atoms with Crippen LogP contribution in [0, 0.1) is 11.3 Å². The summed E-state index contributed by atoms with van der Waals surface area (Å²) < 4.78 is 258. The number of fused-ring (bicyclic) bond motifs is 6. The molecular weight excluding hydrogens is 1040 g/mol. The molecule has 10 rings (SSSR count). The standard InChI is InChI=1S/C55H25F18N3/c56-50(57,58)33-13-29(14-34(22-33)51(59,60)61)27-9-11-46-42(19-27)39-5-1-3-7-44(39)75(46)48-25-41(31-17-37(54(68,69)70)24-38(18-31)55(71,72)73)49(21-32(48)26-74)76-45-8-4-2-6-40(45)43-20-28(10-12-47(43)76)30-15-35(52(62,63)64)23-36(16-30)53(65,66)67/h1-25H. The molecule has 0 aliphatic heterocycles. The normalized spacial score (nSPS) is 13.1. The second kappa shape index (κ2) is 17.3. The molecule has 0 saturated heterocycles. The summed E-state index contributed by atoms with van der Waals surface area (Å²) in [6.45, 7) is 0. The van der Waals surface area contributed by atoms with Gasteiger partial charge in [-0.3, -0.25) is 0 Å². The van der Waals surface area contributed by atoms with Crippen LogP contribution in [0.4, 0.5) is 79.0 Å². The van der Waals surface area contributed by atoms with Gasteiger partial charge in [0.05, 0.1) is 72.4 Å². The van der Waals surface area contributed by atoms with Crippen LogP contribution in [0.15, 0.2) is 152 Å². The third-order valence-corrected chi connectivity index (χ3v) is 12.8. The predicted octanol–water partition coefficient (Wildman–Crippen LogP) is 18.9. The predicted molar refractivity (Wildman–Crippen MR) is 246 cm³/mol. The lowest BCUT2D eigenvalue weighted by Crippen LogP contribution is -2.11. The van der Waals surface area contributed by atoms with Crippen molar-refractivity contribution in [3.63, 3.8) is 0 Å². The summed E-state index contributed by atoms with van der Waals surface area (Å²) in [5, 5.41) is 11.8. The van der Waals surface area contributed by atoms with Crippen molar-refractivity contribution in [2.24, 2.45) is 0 Å². The minimum atomic E-state index is -5.38. The Labute approximate surface area is 414 Å². The number of aromatic nitrogens is 2. The molecule has 0 bridgehead atoms. The summed E-state index contributed by atoms with van der Waals surface area (Å²) in [6, 6.07) is 26.4. The number of alkyl halides is 18. The second-order valence-electron chi connectivity index (χ2n) is 17.6. The SMILES string of the molecule is N#Cc1cc(-n2c3ccccc3c3cc(-c4cc(C(F)(F)F)cc(C(F)(F)F)c4)ccc32)c(-c2cc(C(F)(F)F)cc(C(F)(F)F)c2)cc1-n1c2ccccc2c2cc(-c3cc(C(F)(F)F)cc(C(F)(F)F)c3)ccc21. The summed E-state index contributed by atoms with van der Waals surface area (Å²) in [6.07, 6.45) is -31.6. The summed E-state index contributed by atoms with van der Waals surface area (Å²) in [5.41, 5.74) is -12.5. The van der Waals surface area contributed by atoms with E-state index in [1.54, 1.807) is 0 Å². The van der Waals surface area contributed by atoms with Crippen LogP contribution in [0.25, 0.3) is 88.4 Å². The van der Waals surface area contributed by atoms with Gasteiger partial charge in [0.1, 0.15) is 6.07 Å².